The van der Waals surface area contributed by atoms with Gasteiger partial charge in [-0.25, -0.2) is 0 Å². The molecule has 0 saturated heterocycles. The Labute approximate surface area is 147 Å². The fourth-order valence-electron chi connectivity index (χ4n) is 2.77. The Hall–Kier alpha value is -2.72. The molecule has 0 radical (unpaired) electrons. The maximum Gasteiger partial charge on any atom is 0.211 e. The monoisotopic (exact) mass is 376 g/mol. The van der Waals surface area contributed by atoms with Gasteiger partial charge in [0.2, 0.25) is 5.78 Å². The maximum atomic E-state index is 13.2. The third-order valence-electron chi connectivity index (χ3n) is 3.94. The first-order valence-corrected chi connectivity index (χ1v) is 8.35. The second kappa shape index (κ2) is 6.06. The van der Waals surface area contributed by atoms with Crippen LogP contribution in [0.25, 0.3) is 16.8 Å². The maximum absolute atomic E-state index is 13.2. The number of rotatable bonds is 3. The highest BCUT2D eigenvalue weighted by atomic mass is 79.9. The number of hydrogen-bond donors (Lipinski definition) is 0. The summed E-state index contributed by atoms with van der Waals surface area (Å²) in [5.74, 6) is -0.0457. The van der Waals surface area contributed by atoms with Gasteiger partial charge in [-0.1, -0.05) is 46.3 Å². The lowest BCUT2D eigenvalue weighted by atomic mass is 10.0. The van der Waals surface area contributed by atoms with Crippen molar-refractivity contribution >= 4 is 27.2 Å². The van der Waals surface area contributed by atoms with Crippen LogP contribution >= 0.6 is 15.9 Å². The fourth-order valence-corrected chi connectivity index (χ4v) is 3.04. The van der Waals surface area contributed by atoms with E-state index in [0.29, 0.717) is 17.0 Å². The van der Waals surface area contributed by atoms with Crippen molar-refractivity contribution in [3.05, 3.63) is 94.9 Å². The van der Waals surface area contributed by atoms with Crippen LogP contribution in [0.5, 0.6) is 0 Å². The van der Waals surface area contributed by atoms with E-state index in [1.165, 1.54) is 0 Å². The normalized spacial score (nSPS) is 10.9. The molecule has 116 valence electrons. The van der Waals surface area contributed by atoms with Gasteiger partial charge in [0.1, 0.15) is 5.69 Å². The van der Waals surface area contributed by atoms with Crippen LogP contribution in [0, 0.1) is 0 Å². The summed E-state index contributed by atoms with van der Waals surface area (Å²) in [6, 6.07) is 21.0. The van der Waals surface area contributed by atoms with Gasteiger partial charge in [-0.05, 0) is 36.4 Å². The number of fused-ring (bicyclic) bond motifs is 1. The highest BCUT2D eigenvalue weighted by Gasteiger charge is 2.19. The average molecular weight is 377 g/mol. The predicted molar refractivity (Wildman–Crippen MR) is 98.2 cm³/mol. The van der Waals surface area contributed by atoms with Crippen LogP contribution in [0.15, 0.2) is 83.6 Å². The van der Waals surface area contributed by atoms with Crippen molar-refractivity contribution in [3.8, 4) is 11.3 Å². The quantitative estimate of drug-likeness (QED) is 0.471. The van der Waals surface area contributed by atoms with Crippen molar-refractivity contribution in [3.63, 3.8) is 0 Å². The summed E-state index contributed by atoms with van der Waals surface area (Å²) in [5.41, 5.74) is 3.72. The number of aromatic nitrogens is 2. The van der Waals surface area contributed by atoms with Gasteiger partial charge in [0.05, 0.1) is 17.4 Å². The summed E-state index contributed by atoms with van der Waals surface area (Å²) in [7, 11) is 0. The van der Waals surface area contributed by atoms with E-state index in [2.05, 4.69) is 20.9 Å². The predicted octanol–water partition coefficient (Wildman–Crippen LogP) is 4.99. The van der Waals surface area contributed by atoms with Crippen molar-refractivity contribution in [2.45, 2.75) is 0 Å². The van der Waals surface area contributed by atoms with Gasteiger partial charge in [0.25, 0.3) is 0 Å². The van der Waals surface area contributed by atoms with Crippen molar-refractivity contribution in [1.82, 2.24) is 9.38 Å². The summed E-state index contributed by atoms with van der Waals surface area (Å²) < 4.78 is 2.85. The van der Waals surface area contributed by atoms with Crippen LogP contribution in [-0.2, 0) is 0 Å². The number of carbonyl (C=O) groups is 1. The Morgan fingerprint density at radius 3 is 2.42 bits per heavy atom. The zero-order valence-corrected chi connectivity index (χ0v) is 14.3. The van der Waals surface area contributed by atoms with Crippen molar-refractivity contribution in [2.24, 2.45) is 0 Å². The van der Waals surface area contributed by atoms with E-state index in [1.54, 1.807) is 6.20 Å². The second-order valence-corrected chi connectivity index (χ2v) is 6.38. The summed E-state index contributed by atoms with van der Waals surface area (Å²) in [6.45, 7) is 0. The van der Waals surface area contributed by atoms with Gasteiger partial charge in [0.15, 0.2) is 0 Å². The van der Waals surface area contributed by atoms with Gasteiger partial charge < -0.3 is 4.40 Å². The molecule has 0 N–H and O–H groups in total. The molecule has 0 unspecified atom stereocenters. The first kappa shape index (κ1) is 14.8. The van der Waals surface area contributed by atoms with E-state index in [1.807, 2.05) is 77.3 Å². The molecule has 2 aromatic carbocycles. The van der Waals surface area contributed by atoms with Crippen LogP contribution in [0.3, 0.4) is 0 Å². The molecular formula is C20H13BrN2O. The standard InChI is InChI=1S/C20H13BrN2O/c21-16-10-8-15(9-11-16)20(24)19-18(14-5-2-1-3-6-14)22-13-17-7-4-12-23(17)19/h1-13H. The molecule has 24 heavy (non-hydrogen) atoms. The molecule has 0 atom stereocenters. The summed E-state index contributed by atoms with van der Waals surface area (Å²) in [5, 5.41) is 0. The van der Waals surface area contributed by atoms with Crippen LogP contribution in [0.4, 0.5) is 0 Å². The number of benzene rings is 2. The molecular weight excluding hydrogens is 364 g/mol. The highest BCUT2D eigenvalue weighted by Crippen LogP contribution is 2.25. The number of hydrogen-bond acceptors (Lipinski definition) is 2. The molecule has 2 heterocycles. The van der Waals surface area contributed by atoms with Gasteiger partial charge >= 0.3 is 0 Å². The van der Waals surface area contributed by atoms with E-state index in [9.17, 15) is 4.79 Å². The fraction of sp³-hybridized carbons (Fsp3) is 0. The topological polar surface area (TPSA) is 34.4 Å². The highest BCUT2D eigenvalue weighted by molar-refractivity contribution is 9.10. The lowest BCUT2D eigenvalue weighted by Crippen LogP contribution is -2.11. The zero-order valence-electron chi connectivity index (χ0n) is 12.7. The Balaban J connectivity index is 1.96. The molecule has 0 bridgehead atoms. The minimum absolute atomic E-state index is 0.0457. The SMILES string of the molecule is O=C(c1ccc(Br)cc1)c1c(-c2ccccc2)ncc2cccn12. The lowest BCUT2D eigenvalue weighted by Gasteiger charge is -2.11. The van der Waals surface area contributed by atoms with E-state index < -0.39 is 0 Å². The zero-order chi connectivity index (χ0) is 16.5. The average Bonchev–Trinajstić information content (AvgIpc) is 3.10. The van der Waals surface area contributed by atoms with E-state index in [0.717, 1.165) is 15.6 Å². The van der Waals surface area contributed by atoms with E-state index >= 15 is 0 Å². The van der Waals surface area contributed by atoms with Crippen LogP contribution < -0.4 is 0 Å². The molecule has 0 aliphatic carbocycles. The number of halogens is 1. The Kier molecular flexibility index (Phi) is 3.75. The molecule has 4 aromatic rings. The summed E-state index contributed by atoms with van der Waals surface area (Å²) in [6.07, 6.45) is 3.69. The molecule has 0 spiro atoms. The minimum Gasteiger partial charge on any atom is -0.310 e. The van der Waals surface area contributed by atoms with Crippen molar-refractivity contribution in [2.75, 3.05) is 0 Å². The smallest absolute Gasteiger partial charge is 0.211 e. The first-order chi connectivity index (χ1) is 11.7. The van der Waals surface area contributed by atoms with E-state index in [-0.39, 0.29) is 5.78 Å². The number of ketones is 1. The van der Waals surface area contributed by atoms with Crippen molar-refractivity contribution in [1.29, 1.82) is 0 Å². The molecule has 0 amide bonds. The second-order valence-electron chi connectivity index (χ2n) is 5.46. The molecule has 0 fully saturated rings. The van der Waals surface area contributed by atoms with Gasteiger partial charge in [0, 0.05) is 21.8 Å². The van der Waals surface area contributed by atoms with Crippen LogP contribution in [-0.4, -0.2) is 15.2 Å². The van der Waals surface area contributed by atoms with Gasteiger partial charge in [-0.15, -0.1) is 0 Å². The molecule has 3 nitrogen and oxygen atoms in total. The lowest BCUT2D eigenvalue weighted by molar-refractivity contribution is 0.103. The van der Waals surface area contributed by atoms with Gasteiger partial charge in [-0.3, -0.25) is 9.78 Å². The van der Waals surface area contributed by atoms with Crippen LogP contribution in [0.1, 0.15) is 16.1 Å². The molecule has 0 saturated carbocycles. The Bertz CT molecular complexity index is 1020. The van der Waals surface area contributed by atoms with E-state index in [4.69, 9.17) is 0 Å². The third kappa shape index (κ3) is 2.55. The molecule has 0 aliphatic heterocycles. The van der Waals surface area contributed by atoms with Crippen molar-refractivity contribution < 1.29 is 4.79 Å². The molecule has 0 aliphatic rings. The number of carbonyl (C=O) groups excluding carboxylic acids is 1. The summed E-state index contributed by atoms with van der Waals surface area (Å²) in [4.78, 5) is 17.8. The molecule has 4 heteroatoms. The number of nitrogens with zero attached hydrogens (tertiary/aromatic N) is 2. The Morgan fingerprint density at radius 2 is 1.67 bits per heavy atom. The first-order valence-electron chi connectivity index (χ1n) is 7.56. The summed E-state index contributed by atoms with van der Waals surface area (Å²) >= 11 is 3.41. The third-order valence-corrected chi connectivity index (χ3v) is 4.47. The largest absolute Gasteiger partial charge is 0.310 e. The molecule has 2 aromatic heterocycles. The Morgan fingerprint density at radius 1 is 0.917 bits per heavy atom. The van der Waals surface area contributed by atoms with Gasteiger partial charge in [-0.2, -0.15) is 0 Å². The molecule has 4 rings (SSSR count). The minimum atomic E-state index is -0.0457. The van der Waals surface area contributed by atoms with Crippen LogP contribution in [0.2, 0.25) is 0 Å².